The van der Waals surface area contributed by atoms with Crippen molar-refractivity contribution in [3.05, 3.63) is 0 Å². The molecule has 1 aliphatic heterocycles. The predicted molar refractivity (Wildman–Crippen MR) is 65.8 cm³/mol. The summed E-state index contributed by atoms with van der Waals surface area (Å²) in [6.07, 6.45) is 10.4. The molecule has 2 nitrogen and oxygen atoms in total. The largest absolute Gasteiger partial charge is 0.311 e. The van der Waals surface area contributed by atoms with Crippen LogP contribution >= 0.6 is 0 Å². The van der Waals surface area contributed by atoms with Crippen molar-refractivity contribution in [2.45, 2.75) is 51.6 Å². The highest BCUT2D eigenvalue weighted by molar-refractivity contribution is 5.01. The second-order valence-corrected chi connectivity index (χ2v) is 4.41. The van der Waals surface area contributed by atoms with E-state index in [1.54, 1.807) is 0 Å². The first kappa shape index (κ1) is 12.5. The maximum atomic E-state index is 5.60. The third-order valence-corrected chi connectivity index (χ3v) is 3.12. The molecule has 1 heterocycles. The lowest BCUT2D eigenvalue weighted by atomic mass is 10.1. The summed E-state index contributed by atoms with van der Waals surface area (Å²) in [7, 11) is 0. The van der Waals surface area contributed by atoms with E-state index in [9.17, 15) is 0 Å². The smallest absolute Gasteiger partial charge is 0.0712 e. The average Bonchev–Trinajstić information content (AvgIpc) is 2.27. The van der Waals surface area contributed by atoms with Gasteiger partial charge in [0.05, 0.1) is 6.04 Å². The van der Waals surface area contributed by atoms with Gasteiger partial charge in [0.25, 0.3) is 0 Å². The van der Waals surface area contributed by atoms with E-state index in [0.29, 0.717) is 12.1 Å². The molecular formula is C13H24N2. The molecule has 0 aliphatic carbocycles. The van der Waals surface area contributed by atoms with Gasteiger partial charge in [-0.2, -0.15) is 0 Å². The number of hydrogen-bond acceptors (Lipinski definition) is 2. The minimum Gasteiger partial charge on any atom is -0.311 e. The lowest BCUT2D eigenvalue weighted by Gasteiger charge is -2.36. The Morgan fingerprint density at radius 2 is 2.27 bits per heavy atom. The number of hydrogen-bond donors (Lipinski definition) is 1. The van der Waals surface area contributed by atoms with Crippen molar-refractivity contribution in [1.82, 2.24) is 10.2 Å². The predicted octanol–water partition coefficient (Wildman–Crippen LogP) is 1.86. The van der Waals surface area contributed by atoms with Gasteiger partial charge in [0.15, 0.2) is 0 Å². The highest BCUT2D eigenvalue weighted by Gasteiger charge is 2.23. The van der Waals surface area contributed by atoms with Crippen LogP contribution in [-0.4, -0.2) is 36.6 Å². The topological polar surface area (TPSA) is 15.3 Å². The number of nitrogens with zero attached hydrogens (tertiary/aromatic N) is 1. The molecule has 1 rings (SSSR count). The number of nitrogens with one attached hydrogen (secondary N) is 1. The van der Waals surface area contributed by atoms with Gasteiger partial charge in [-0.1, -0.05) is 32.6 Å². The van der Waals surface area contributed by atoms with Crippen LogP contribution in [0.2, 0.25) is 0 Å². The average molecular weight is 208 g/mol. The fraction of sp³-hybridized carbons (Fsp3) is 0.846. The van der Waals surface area contributed by atoms with E-state index < -0.39 is 0 Å². The third-order valence-electron chi connectivity index (χ3n) is 3.12. The summed E-state index contributed by atoms with van der Waals surface area (Å²) in [5, 5.41) is 3.56. The van der Waals surface area contributed by atoms with Gasteiger partial charge in [-0.05, 0) is 12.8 Å². The van der Waals surface area contributed by atoms with E-state index in [4.69, 9.17) is 6.42 Å². The van der Waals surface area contributed by atoms with Crippen LogP contribution in [0.5, 0.6) is 0 Å². The van der Waals surface area contributed by atoms with Gasteiger partial charge in [-0.15, -0.1) is 6.42 Å². The van der Waals surface area contributed by atoms with Gasteiger partial charge in [0.2, 0.25) is 0 Å². The second-order valence-electron chi connectivity index (χ2n) is 4.41. The van der Waals surface area contributed by atoms with Gasteiger partial charge in [0, 0.05) is 25.7 Å². The van der Waals surface area contributed by atoms with Crippen molar-refractivity contribution in [2.75, 3.05) is 19.6 Å². The molecule has 0 spiro atoms. The van der Waals surface area contributed by atoms with Crippen molar-refractivity contribution in [3.8, 4) is 12.3 Å². The van der Waals surface area contributed by atoms with Crippen molar-refractivity contribution < 1.29 is 0 Å². The van der Waals surface area contributed by atoms with Crippen molar-refractivity contribution in [2.24, 2.45) is 0 Å². The van der Waals surface area contributed by atoms with Gasteiger partial charge < -0.3 is 5.32 Å². The third kappa shape index (κ3) is 3.85. The van der Waals surface area contributed by atoms with Gasteiger partial charge in [-0.25, -0.2) is 0 Å². The highest BCUT2D eigenvalue weighted by Crippen LogP contribution is 2.11. The van der Waals surface area contributed by atoms with Crippen molar-refractivity contribution >= 4 is 0 Å². The quantitative estimate of drug-likeness (QED) is 0.694. The Kier molecular flexibility index (Phi) is 5.75. The van der Waals surface area contributed by atoms with Gasteiger partial charge in [0.1, 0.15) is 0 Å². The van der Waals surface area contributed by atoms with Crippen LogP contribution in [0.4, 0.5) is 0 Å². The Hall–Kier alpha value is -0.520. The minimum atomic E-state index is 0.358. The van der Waals surface area contributed by atoms with Crippen LogP contribution in [-0.2, 0) is 0 Å². The second kappa shape index (κ2) is 6.87. The lowest BCUT2D eigenvalue weighted by molar-refractivity contribution is 0.161. The standard InChI is InChI=1S/C13H24N2/c1-4-7-12-11-15(10-9-14-12)13(6-3)8-5-2/h3,12-14H,4-5,7-11H2,1-2H3. The van der Waals surface area contributed by atoms with Crippen LogP contribution < -0.4 is 5.32 Å². The monoisotopic (exact) mass is 208 g/mol. The Bertz CT molecular complexity index is 205. The SMILES string of the molecule is C#CC(CCC)N1CCNC(CCC)C1. The van der Waals surface area contributed by atoms with E-state index >= 15 is 0 Å². The molecule has 1 fully saturated rings. The molecule has 0 amide bonds. The first-order valence-electron chi connectivity index (χ1n) is 6.25. The number of piperazine rings is 1. The highest BCUT2D eigenvalue weighted by atomic mass is 15.2. The normalized spacial score (nSPS) is 24.7. The van der Waals surface area contributed by atoms with Crippen LogP contribution in [0.1, 0.15) is 39.5 Å². The molecule has 0 saturated carbocycles. The molecule has 0 radical (unpaired) electrons. The molecule has 2 atom stereocenters. The Balaban J connectivity index is 2.43. The molecule has 2 heteroatoms. The van der Waals surface area contributed by atoms with Crippen molar-refractivity contribution in [3.63, 3.8) is 0 Å². The summed E-state index contributed by atoms with van der Waals surface area (Å²) >= 11 is 0. The summed E-state index contributed by atoms with van der Waals surface area (Å²) in [4.78, 5) is 2.47. The zero-order valence-corrected chi connectivity index (χ0v) is 10.1. The Morgan fingerprint density at radius 3 is 2.87 bits per heavy atom. The van der Waals surface area contributed by atoms with Gasteiger partial charge >= 0.3 is 0 Å². The first-order valence-corrected chi connectivity index (χ1v) is 6.25. The molecule has 0 bridgehead atoms. The van der Waals surface area contributed by atoms with Crippen LogP contribution in [0.15, 0.2) is 0 Å². The minimum absolute atomic E-state index is 0.358. The zero-order chi connectivity index (χ0) is 11.1. The Morgan fingerprint density at radius 1 is 1.47 bits per heavy atom. The fourth-order valence-electron chi connectivity index (χ4n) is 2.32. The van der Waals surface area contributed by atoms with E-state index in [0.717, 1.165) is 26.1 Å². The van der Waals surface area contributed by atoms with Crippen LogP contribution in [0.25, 0.3) is 0 Å². The Labute approximate surface area is 94.4 Å². The fourth-order valence-corrected chi connectivity index (χ4v) is 2.32. The summed E-state index contributed by atoms with van der Waals surface area (Å²) in [6, 6.07) is 1.01. The molecule has 0 aromatic carbocycles. The van der Waals surface area contributed by atoms with Crippen LogP contribution in [0, 0.1) is 12.3 Å². The lowest BCUT2D eigenvalue weighted by Crippen LogP contribution is -2.53. The molecule has 1 N–H and O–H groups in total. The maximum absolute atomic E-state index is 5.60. The number of rotatable bonds is 5. The van der Waals surface area contributed by atoms with Crippen LogP contribution in [0.3, 0.4) is 0 Å². The van der Waals surface area contributed by atoms with E-state index in [2.05, 4.69) is 30.0 Å². The van der Waals surface area contributed by atoms with E-state index in [1.807, 2.05) is 0 Å². The molecular weight excluding hydrogens is 184 g/mol. The first-order chi connectivity index (χ1) is 7.31. The molecule has 86 valence electrons. The molecule has 15 heavy (non-hydrogen) atoms. The zero-order valence-electron chi connectivity index (χ0n) is 10.1. The molecule has 1 aliphatic rings. The molecule has 0 aromatic rings. The molecule has 2 unspecified atom stereocenters. The van der Waals surface area contributed by atoms with E-state index in [1.165, 1.54) is 19.3 Å². The summed E-state index contributed by atoms with van der Waals surface area (Å²) in [5.41, 5.74) is 0. The van der Waals surface area contributed by atoms with Gasteiger partial charge in [-0.3, -0.25) is 4.90 Å². The maximum Gasteiger partial charge on any atom is 0.0712 e. The summed E-state index contributed by atoms with van der Waals surface area (Å²) < 4.78 is 0. The number of terminal acetylenes is 1. The van der Waals surface area contributed by atoms with Crippen molar-refractivity contribution in [1.29, 1.82) is 0 Å². The summed E-state index contributed by atoms with van der Waals surface area (Å²) in [6.45, 7) is 7.77. The summed E-state index contributed by atoms with van der Waals surface area (Å²) in [5.74, 6) is 2.93. The molecule has 1 saturated heterocycles. The van der Waals surface area contributed by atoms with E-state index in [-0.39, 0.29) is 0 Å². The molecule has 0 aromatic heterocycles.